The molecule has 0 spiro atoms. The van der Waals surface area contributed by atoms with Gasteiger partial charge in [-0.1, -0.05) is 18.2 Å². The van der Waals surface area contributed by atoms with E-state index in [1.807, 2.05) is 0 Å². The number of rotatable bonds is 7. The lowest BCUT2D eigenvalue weighted by Gasteiger charge is -2.12. The van der Waals surface area contributed by atoms with E-state index < -0.39 is 0 Å². The van der Waals surface area contributed by atoms with E-state index in [0.717, 1.165) is 4.90 Å². The number of carbonyl (C=O) groups excluding carboxylic acids is 2. The Morgan fingerprint density at radius 3 is 2.50 bits per heavy atom. The van der Waals surface area contributed by atoms with Crippen molar-refractivity contribution in [2.24, 2.45) is 0 Å². The summed E-state index contributed by atoms with van der Waals surface area (Å²) < 4.78 is 5.10. The van der Waals surface area contributed by atoms with Crippen molar-refractivity contribution in [2.45, 2.75) is 0 Å². The molecule has 1 N–H and O–H groups in total. The number of thioether (sulfide) groups is 1. The Balaban J connectivity index is 2.43. The lowest BCUT2D eigenvalue weighted by molar-refractivity contribution is -0.135. The molecule has 0 bridgehead atoms. The van der Waals surface area contributed by atoms with Crippen LogP contribution in [-0.4, -0.2) is 47.8 Å². The number of amides is 2. The summed E-state index contributed by atoms with van der Waals surface area (Å²) in [7, 11) is 1.56. The number of hydrogen-bond acceptors (Lipinski definition) is 5. The molecule has 116 valence electrons. The van der Waals surface area contributed by atoms with E-state index in [4.69, 9.17) is 9.84 Å². The Morgan fingerprint density at radius 1 is 1.27 bits per heavy atom. The third kappa shape index (κ3) is 3.08. The number of aliphatic hydroxyl groups is 1. The topological polar surface area (TPSA) is 66.8 Å². The van der Waals surface area contributed by atoms with Gasteiger partial charge in [0.2, 0.25) is 0 Å². The maximum absolute atomic E-state index is 12.5. The van der Waals surface area contributed by atoms with E-state index in [0.29, 0.717) is 27.5 Å². The Hall–Kier alpha value is -2.05. The zero-order valence-corrected chi connectivity index (χ0v) is 13.1. The fourth-order valence-corrected chi connectivity index (χ4v) is 3.02. The van der Waals surface area contributed by atoms with Gasteiger partial charge in [0.05, 0.1) is 24.2 Å². The lowest BCUT2D eigenvalue weighted by Crippen LogP contribution is -2.31. The number of hydrogen-bond donors (Lipinski definition) is 1. The van der Waals surface area contributed by atoms with Crippen LogP contribution in [0, 0.1) is 0 Å². The summed E-state index contributed by atoms with van der Waals surface area (Å²) in [5, 5.41) is 8.99. The molecular formula is C16H17NO4S. The maximum Gasteiger partial charge on any atom is 0.268 e. The normalized spacial score (nSPS) is 14.7. The van der Waals surface area contributed by atoms with Gasteiger partial charge in [-0.2, -0.15) is 0 Å². The fraction of sp³-hybridized carbons (Fsp3) is 0.250. The highest BCUT2D eigenvalue weighted by molar-refractivity contribution is 8.04. The Bertz CT molecular complexity index is 622. The van der Waals surface area contributed by atoms with Gasteiger partial charge in [0.15, 0.2) is 0 Å². The first-order valence-corrected chi connectivity index (χ1v) is 7.72. The molecule has 1 aromatic rings. The van der Waals surface area contributed by atoms with Gasteiger partial charge in [-0.15, -0.1) is 18.3 Å². The molecule has 1 heterocycles. The third-order valence-electron chi connectivity index (χ3n) is 3.15. The maximum atomic E-state index is 12.5. The van der Waals surface area contributed by atoms with Gasteiger partial charge in [0.1, 0.15) is 5.75 Å². The minimum Gasteiger partial charge on any atom is -0.497 e. The van der Waals surface area contributed by atoms with Crippen molar-refractivity contribution >= 4 is 29.1 Å². The molecule has 0 aliphatic carbocycles. The smallest absolute Gasteiger partial charge is 0.268 e. The lowest BCUT2D eigenvalue weighted by atomic mass is 10.1. The van der Waals surface area contributed by atoms with E-state index in [9.17, 15) is 9.59 Å². The van der Waals surface area contributed by atoms with E-state index in [1.165, 1.54) is 17.8 Å². The highest BCUT2D eigenvalue weighted by atomic mass is 32.2. The van der Waals surface area contributed by atoms with Crippen LogP contribution in [-0.2, 0) is 9.59 Å². The largest absolute Gasteiger partial charge is 0.497 e. The molecular weight excluding hydrogens is 302 g/mol. The summed E-state index contributed by atoms with van der Waals surface area (Å²) in [6.45, 7) is 3.68. The van der Waals surface area contributed by atoms with Gasteiger partial charge in [-0.25, -0.2) is 0 Å². The van der Waals surface area contributed by atoms with Gasteiger partial charge >= 0.3 is 0 Å². The van der Waals surface area contributed by atoms with Gasteiger partial charge < -0.3 is 9.84 Å². The second-order valence-corrected chi connectivity index (χ2v) is 5.62. The molecule has 2 amide bonds. The standard InChI is InChI=1S/C16H17NO4S/c1-3-8-17-15(19)13(14(16(17)20)22-10-9-18)11-4-6-12(21-2)7-5-11/h3-7,18H,1,8-10H2,2H3. The first kappa shape index (κ1) is 16.3. The molecule has 6 heteroatoms. The molecule has 0 aromatic heterocycles. The van der Waals surface area contributed by atoms with Crippen molar-refractivity contribution in [3.05, 3.63) is 47.4 Å². The van der Waals surface area contributed by atoms with Crippen LogP contribution < -0.4 is 4.74 Å². The number of nitrogens with zero attached hydrogens (tertiary/aromatic N) is 1. The molecule has 2 rings (SSSR count). The fourth-order valence-electron chi connectivity index (χ4n) is 2.14. The Kier molecular flexibility index (Phi) is 5.41. The average Bonchev–Trinajstić information content (AvgIpc) is 2.77. The molecule has 0 fully saturated rings. The van der Waals surface area contributed by atoms with Crippen molar-refractivity contribution in [3.8, 4) is 5.75 Å². The minimum atomic E-state index is -0.339. The quantitative estimate of drug-likeness (QED) is 0.612. The molecule has 1 aromatic carbocycles. The summed E-state index contributed by atoms with van der Waals surface area (Å²) in [5.41, 5.74) is 1.03. The molecule has 1 aliphatic rings. The molecule has 1 aliphatic heterocycles. The van der Waals surface area contributed by atoms with Crippen molar-refractivity contribution in [1.82, 2.24) is 4.90 Å². The predicted octanol–water partition coefficient (Wildman–Crippen LogP) is 1.69. The zero-order chi connectivity index (χ0) is 16.1. The number of imide groups is 1. The number of carbonyl (C=O) groups is 2. The first-order chi connectivity index (χ1) is 10.6. The number of benzene rings is 1. The van der Waals surface area contributed by atoms with Crippen molar-refractivity contribution in [2.75, 3.05) is 26.0 Å². The SMILES string of the molecule is C=CCN1C(=O)C(SCCO)=C(c2ccc(OC)cc2)C1=O. The van der Waals surface area contributed by atoms with E-state index in [2.05, 4.69) is 6.58 Å². The van der Waals surface area contributed by atoms with Crippen LogP contribution in [0.2, 0.25) is 0 Å². The minimum absolute atomic E-state index is 0.0625. The molecule has 0 atom stereocenters. The third-order valence-corrected chi connectivity index (χ3v) is 4.21. The molecule has 5 nitrogen and oxygen atoms in total. The summed E-state index contributed by atoms with van der Waals surface area (Å²) in [6, 6.07) is 6.97. The highest BCUT2D eigenvalue weighted by Crippen LogP contribution is 2.36. The van der Waals surface area contributed by atoms with Gasteiger partial charge in [-0.3, -0.25) is 14.5 Å². The highest BCUT2D eigenvalue weighted by Gasteiger charge is 2.38. The van der Waals surface area contributed by atoms with E-state index >= 15 is 0 Å². The number of methoxy groups -OCH3 is 1. The van der Waals surface area contributed by atoms with Crippen LogP contribution in [0.1, 0.15) is 5.56 Å². The van der Waals surface area contributed by atoms with Crippen LogP contribution >= 0.6 is 11.8 Å². The van der Waals surface area contributed by atoms with E-state index in [1.54, 1.807) is 31.4 Å². The molecule has 0 saturated carbocycles. The van der Waals surface area contributed by atoms with Crippen molar-refractivity contribution in [3.63, 3.8) is 0 Å². The Morgan fingerprint density at radius 2 is 1.95 bits per heavy atom. The second kappa shape index (κ2) is 7.29. The molecule has 22 heavy (non-hydrogen) atoms. The van der Waals surface area contributed by atoms with Crippen molar-refractivity contribution < 1.29 is 19.4 Å². The number of aliphatic hydroxyl groups excluding tert-OH is 1. The summed E-state index contributed by atoms with van der Waals surface area (Å²) in [6.07, 6.45) is 1.51. The summed E-state index contributed by atoms with van der Waals surface area (Å²) in [5.74, 6) is 0.356. The first-order valence-electron chi connectivity index (χ1n) is 6.73. The van der Waals surface area contributed by atoms with Gasteiger partial charge in [0, 0.05) is 12.3 Å². The summed E-state index contributed by atoms with van der Waals surface area (Å²) in [4.78, 5) is 26.4. The monoisotopic (exact) mass is 319 g/mol. The van der Waals surface area contributed by atoms with Gasteiger partial charge in [0.25, 0.3) is 11.8 Å². The van der Waals surface area contributed by atoms with Crippen LogP contribution in [0.4, 0.5) is 0 Å². The average molecular weight is 319 g/mol. The second-order valence-electron chi connectivity index (χ2n) is 4.51. The van der Waals surface area contributed by atoms with Crippen LogP contribution in [0.5, 0.6) is 5.75 Å². The summed E-state index contributed by atoms with van der Waals surface area (Å²) >= 11 is 1.19. The predicted molar refractivity (Wildman–Crippen MR) is 86.4 cm³/mol. The van der Waals surface area contributed by atoms with E-state index in [-0.39, 0.29) is 25.0 Å². The molecule has 0 radical (unpaired) electrons. The van der Waals surface area contributed by atoms with Crippen LogP contribution in [0.25, 0.3) is 5.57 Å². The van der Waals surface area contributed by atoms with Gasteiger partial charge in [-0.05, 0) is 17.7 Å². The number of ether oxygens (including phenoxy) is 1. The zero-order valence-electron chi connectivity index (χ0n) is 12.2. The van der Waals surface area contributed by atoms with Crippen LogP contribution in [0.3, 0.4) is 0 Å². The Labute approximate surface area is 133 Å². The molecule has 0 saturated heterocycles. The van der Waals surface area contributed by atoms with Crippen LogP contribution in [0.15, 0.2) is 41.8 Å². The molecule has 0 unspecified atom stereocenters. The van der Waals surface area contributed by atoms with Crippen molar-refractivity contribution in [1.29, 1.82) is 0 Å².